The van der Waals surface area contributed by atoms with Gasteiger partial charge in [-0.15, -0.1) is 0 Å². The lowest BCUT2D eigenvalue weighted by atomic mass is 10.2. The first-order valence-corrected chi connectivity index (χ1v) is 6.79. The van der Waals surface area contributed by atoms with E-state index in [1.54, 1.807) is 6.07 Å². The quantitative estimate of drug-likeness (QED) is 0.901. The third-order valence-electron chi connectivity index (χ3n) is 2.72. The lowest BCUT2D eigenvalue weighted by Crippen LogP contribution is -2.05. The van der Waals surface area contributed by atoms with E-state index in [-0.39, 0.29) is 11.6 Å². The van der Waals surface area contributed by atoms with Crippen LogP contribution in [-0.4, -0.2) is 7.05 Å². The maximum absolute atomic E-state index is 13.8. The van der Waals surface area contributed by atoms with Crippen LogP contribution in [0.5, 0.6) is 5.75 Å². The first-order chi connectivity index (χ1) is 9.20. The molecule has 0 saturated heterocycles. The third-order valence-corrected chi connectivity index (χ3v) is 3.49. The molecule has 0 amide bonds. The summed E-state index contributed by atoms with van der Waals surface area (Å²) in [6, 6.07) is 12.7. The summed E-state index contributed by atoms with van der Waals surface area (Å²) in [5, 5.41) is 2.98. The monoisotopic (exact) mass is 323 g/mol. The van der Waals surface area contributed by atoms with Gasteiger partial charge < -0.3 is 10.1 Å². The molecule has 0 bridgehead atoms. The van der Waals surface area contributed by atoms with E-state index in [1.807, 2.05) is 37.4 Å². The van der Waals surface area contributed by atoms with Crippen molar-refractivity contribution < 1.29 is 9.13 Å². The van der Waals surface area contributed by atoms with Crippen molar-refractivity contribution in [2.75, 3.05) is 7.05 Å². The fraction of sp³-hybridized carbons (Fsp3) is 0.200. The van der Waals surface area contributed by atoms with Crippen LogP contribution >= 0.6 is 15.9 Å². The van der Waals surface area contributed by atoms with Crippen LogP contribution in [0.15, 0.2) is 46.9 Å². The van der Waals surface area contributed by atoms with E-state index in [1.165, 1.54) is 6.07 Å². The van der Waals surface area contributed by atoms with Crippen molar-refractivity contribution in [1.82, 2.24) is 5.32 Å². The summed E-state index contributed by atoms with van der Waals surface area (Å²) in [5.41, 5.74) is 1.88. The molecule has 0 unspecified atom stereocenters. The van der Waals surface area contributed by atoms with Crippen molar-refractivity contribution in [3.63, 3.8) is 0 Å². The fourth-order valence-electron chi connectivity index (χ4n) is 1.75. The Labute approximate surface area is 120 Å². The molecule has 0 spiro atoms. The molecule has 0 atom stereocenters. The summed E-state index contributed by atoms with van der Waals surface area (Å²) >= 11 is 3.44. The Morgan fingerprint density at radius 3 is 2.68 bits per heavy atom. The van der Waals surface area contributed by atoms with Crippen LogP contribution in [0, 0.1) is 5.82 Å². The number of ether oxygens (including phenoxy) is 1. The Balaban J connectivity index is 2.06. The lowest BCUT2D eigenvalue weighted by molar-refractivity contribution is 0.289. The molecule has 2 rings (SSSR count). The van der Waals surface area contributed by atoms with Gasteiger partial charge in [-0.2, -0.15) is 0 Å². The zero-order valence-corrected chi connectivity index (χ0v) is 12.2. The molecule has 19 heavy (non-hydrogen) atoms. The summed E-state index contributed by atoms with van der Waals surface area (Å²) in [4.78, 5) is 0. The zero-order chi connectivity index (χ0) is 13.7. The largest absolute Gasteiger partial charge is 0.486 e. The number of benzene rings is 2. The molecular formula is C15H15BrFNO. The van der Waals surface area contributed by atoms with Gasteiger partial charge in [0.1, 0.15) is 6.61 Å². The summed E-state index contributed by atoms with van der Waals surface area (Å²) in [5.74, 6) is -0.0598. The number of hydrogen-bond donors (Lipinski definition) is 1. The molecule has 0 aliphatic carbocycles. The summed E-state index contributed by atoms with van der Waals surface area (Å²) in [6.07, 6.45) is 0. The van der Waals surface area contributed by atoms with Gasteiger partial charge in [-0.3, -0.25) is 0 Å². The van der Waals surface area contributed by atoms with Crippen LogP contribution in [0.4, 0.5) is 4.39 Å². The highest BCUT2D eigenvalue weighted by Gasteiger charge is 2.06. The van der Waals surface area contributed by atoms with Gasteiger partial charge in [-0.1, -0.05) is 40.2 Å². The van der Waals surface area contributed by atoms with Crippen LogP contribution < -0.4 is 10.1 Å². The van der Waals surface area contributed by atoms with Gasteiger partial charge in [-0.05, 0) is 30.8 Å². The van der Waals surface area contributed by atoms with E-state index >= 15 is 0 Å². The van der Waals surface area contributed by atoms with Crippen molar-refractivity contribution in [3.8, 4) is 5.75 Å². The van der Waals surface area contributed by atoms with Crippen molar-refractivity contribution >= 4 is 15.9 Å². The van der Waals surface area contributed by atoms with Crippen LogP contribution in [-0.2, 0) is 13.2 Å². The summed E-state index contributed by atoms with van der Waals surface area (Å²) in [7, 11) is 1.83. The van der Waals surface area contributed by atoms with Crippen molar-refractivity contribution in [2.24, 2.45) is 0 Å². The molecule has 0 saturated carbocycles. The van der Waals surface area contributed by atoms with Crippen LogP contribution in [0.2, 0.25) is 0 Å². The predicted molar refractivity (Wildman–Crippen MR) is 77.6 cm³/mol. The molecule has 2 nitrogen and oxygen atoms in total. The normalized spacial score (nSPS) is 10.5. The van der Waals surface area contributed by atoms with Gasteiger partial charge in [-0.25, -0.2) is 4.39 Å². The van der Waals surface area contributed by atoms with Gasteiger partial charge in [0, 0.05) is 16.6 Å². The standard InChI is InChI=1S/C15H15BrFNO/c1-18-9-11-6-7-15(14(17)8-11)19-10-12-4-2-3-5-13(12)16/h2-8,18H,9-10H2,1H3. The smallest absolute Gasteiger partial charge is 0.165 e. The second-order valence-corrected chi connectivity index (χ2v) is 5.03. The fourth-order valence-corrected chi connectivity index (χ4v) is 2.15. The topological polar surface area (TPSA) is 21.3 Å². The molecule has 2 aromatic rings. The molecular weight excluding hydrogens is 309 g/mol. The first kappa shape index (κ1) is 14.0. The average molecular weight is 324 g/mol. The van der Waals surface area contributed by atoms with Crippen LogP contribution in [0.3, 0.4) is 0 Å². The van der Waals surface area contributed by atoms with E-state index in [0.717, 1.165) is 15.6 Å². The van der Waals surface area contributed by atoms with Gasteiger partial charge in [0.15, 0.2) is 11.6 Å². The average Bonchev–Trinajstić information content (AvgIpc) is 2.40. The minimum absolute atomic E-state index is 0.274. The van der Waals surface area contributed by atoms with Crippen molar-refractivity contribution in [1.29, 1.82) is 0 Å². The Hall–Kier alpha value is -1.39. The Bertz CT molecular complexity index is 560. The van der Waals surface area contributed by atoms with Gasteiger partial charge in [0.05, 0.1) is 0 Å². The van der Waals surface area contributed by atoms with E-state index in [2.05, 4.69) is 21.2 Å². The molecule has 0 aliphatic heterocycles. The van der Waals surface area contributed by atoms with Crippen molar-refractivity contribution in [3.05, 3.63) is 63.9 Å². The molecule has 0 radical (unpaired) electrons. The van der Waals surface area contributed by atoms with E-state index in [0.29, 0.717) is 13.2 Å². The van der Waals surface area contributed by atoms with Gasteiger partial charge in [0.25, 0.3) is 0 Å². The van der Waals surface area contributed by atoms with Gasteiger partial charge in [0.2, 0.25) is 0 Å². The highest BCUT2D eigenvalue weighted by Crippen LogP contribution is 2.22. The SMILES string of the molecule is CNCc1ccc(OCc2ccccc2Br)c(F)c1. The number of hydrogen-bond acceptors (Lipinski definition) is 2. The van der Waals surface area contributed by atoms with Crippen LogP contribution in [0.1, 0.15) is 11.1 Å². The molecule has 100 valence electrons. The van der Waals surface area contributed by atoms with E-state index in [4.69, 9.17) is 4.74 Å². The predicted octanol–water partition coefficient (Wildman–Crippen LogP) is 3.89. The van der Waals surface area contributed by atoms with Crippen LogP contribution in [0.25, 0.3) is 0 Å². The number of rotatable bonds is 5. The van der Waals surface area contributed by atoms with Crippen molar-refractivity contribution in [2.45, 2.75) is 13.2 Å². The van der Waals surface area contributed by atoms with Gasteiger partial charge >= 0.3 is 0 Å². The second-order valence-electron chi connectivity index (χ2n) is 4.18. The minimum atomic E-state index is -0.334. The molecule has 1 N–H and O–H groups in total. The summed E-state index contributed by atoms with van der Waals surface area (Å²) in [6.45, 7) is 0.977. The zero-order valence-electron chi connectivity index (χ0n) is 10.6. The summed E-state index contributed by atoms with van der Waals surface area (Å²) < 4.78 is 20.3. The molecule has 4 heteroatoms. The third kappa shape index (κ3) is 3.78. The Kier molecular flexibility index (Phi) is 4.93. The van der Waals surface area contributed by atoms with E-state index < -0.39 is 0 Å². The number of nitrogens with one attached hydrogen (secondary N) is 1. The Morgan fingerprint density at radius 1 is 1.21 bits per heavy atom. The molecule has 0 aromatic heterocycles. The second kappa shape index (κ2) is 6.68. The molecule has 0 aliphatic rings. The highest BCUT2D eigenvalue weighted by molar-refractivity contribution is 9.10. The molecule has 0 fully saturated rings. The first-order valence-electron chi connectivity index (χ1n) is 6.00. The number of halogens is 2. The minimum Gasteiger partial charge on any atom is -0.486 e. The lowest BCUT2D eigenvalue weighted by Gasteiger charge is -2.10. The molecule has 2 aromatic carbocycles. The maximum atomic E-state index is 13.8. The maximum Gasteiger partial charge on any atom is 0.165 e. The molecule has 0 heterocycles. The van der Waals surface area contributed by atoms with E-state index in [9.17, 15) is 4.39 Å². The Morgan fingerprint density at radius 2 is 2.00 bits per heavy atom. The highest BCUT2D eigenvalue weighted by atomic mass is 79.9.